The van der Waals surface area contributed by atoms with Crippen LogP contribution >= 0.6 is 0 Å². The van der Waals surface area contributed by atoms with Crippen molar-refractivity contribution in [2.75, 3.05) is 6.61 Å². The summed E-state index contributed by atoms with van der Waals surface area (Å²) < 4.78 is 0. The molecule has 1 saturated heterocycles. The van der Waals surface area contributed by atoms with Crippen molar-refractivity contribution in [1.82, 2.24) is 10.6 Å². The van der Waals surface area contributed by atoms with Gasteiger partial charge in [-0.15, -0.1) is 0 Å². The third-order valence-electron chi connectivity index (χ3n) is 3.01. The molecule has 5 heteroatoms. The second-order valence-electron chi connectivity index (χ2n) is 6.20. The molecular formula is C12H24N2O3. The molecule has 0 aromatic carbocycles. The van der Waals surface area contributed by atoms with Gasteiger partial charge in [0, 0.05) is 17.1 Å². The Balaban J connectivity index is 2.63. The van der Waals surface area contributed by atoms with Gasteiger partial charge in [-0.25, -0.2) is 0 Å². The van der Waals surface area contributed by atoms with Gasteiger partial charge in [-0.2, -0.15) is 0 Å². The Kier molecular flexibility index (Phi) is 4.17. The van der Waals surface area contributed by atoms with Crippen molar-refractivity contribution in [3.05, 3.63) is 0 Å². The number of hydrogen-bond acceptors (Lipinski definition) is 4. The first kappa shape index (κ1) is 14.4. The van der Waals surface area contributed by atoms with Crippen LogP contribution in [0.1, 0.15) is 40.5 Å². The zero-order valence-corrected chi connectivity index (χ0v) is 11.1. The van der Waals surface area contributed by atoms with Gasteiger partial charge in [-0.05, 0) is 40.5 Å². The molecule has 1 amide bonds. The molecule has 1 rings (SSSR count). The summed E-state index contributed by atoms with van der Waals surface area (Å²) in [6.07, 6.45) is 0.289. The van der Waals surface area contributed by atoms with Gasteiger partial charge >= 0.3 is 0 Å². The van der Waals surface area contributed by atoms with Crippen molar-refractivity contribution in [2.45, 2.75) is 63.8 Å². The topological polar surface area (TPSA) is 81.6 Å². The van der Waals surface area contributed by atoms with E-state index in [1.807, 2.05) is 0 Å². The molecule has 1 aliphatic rings. The summed E-state index contributed by atoms with van der Waals surface area (Å²) in [6.45, 7) is 7.83. The van der Waals surface area contributed by atoms with E-state index in [2.05, 4.69) is 38.3 Å². The summed E-state index contributed by atoms with van der Waals surface area (Å²) in [5, 5.41) is 24.3. The first-order chi connectivity index (χ1) is 7.65. The van der Waals surface area contributed by atoms with E-state index in [-0.39, 0.29) is 17.1 Å². The highest BCUT2D eigenvalue weighted by Crippen LogP contribution is 2.28. The third kappa shape index (κ3) is 4.26. The molecule has 1 atom stereocenters. The third-order valence-corrected chi connectivity index (χ3v) is 3.01. The fraction of sp³-hybridized carbons (Fsp3) is 0.917. The van der Waals surface area contributed by atoms with Gasteiger partial charge in [-0.1, -0.05) is 0 Å². The minimum atomic E-state index is -1.32. The number of piperidine rings is 1. The maximum Gasteiger partial charge on any atom is 0.251 e. The first-order valence-corrected chi connectivity index (χ1v) is 6.04. The number of aliphatic hydroxyl groups excluding tert-OH is 2. The summed E-state index contributed by atoms with van der Waals surface area (Å²) in [4.78, 5) is 11.5. The molecule has 0 radical (unpaired) electrons. The van der Waals surface area contributed by atoms with Crippen LogP contribution in [0.4, 0.5) is 0 Å². The van der Waals surface area contributed by atoms with Gasteiger partial charge in [0.1, 0.15) is 0 Å². The lowest BCUT2D eigenvalue weighted by Gasteiger charge is -2.46. The van der Waals surface area contributed by atoms with Gasteiger partial charge in [0.15, 0.2) is 6.10 Å². The molecule has 1 fully saturated rings. The minimum absolute atomic E-state index is 0.0231. The van der Waals surface area contributed by atoms with Crippen molar-refractivity contribution < 1.29 is 15.0 Å². The summed E-state index contributed by atoms with van der Waals surface area (Å²) in [6, 6.07) is 0.0231. The average molecular weight is 244 g/mol. The highest BCUT2D eigenvalue weighted by Gasteiger charge is 2.38. The molecule has 4 N–H and O–H groups in total. The summed E-state index contributed by atoms with van der Waals surface area (Å²) in [5.74, 6) is -0.494. The lowest BCUT2D eigenvalue weighted by molar-refractivity contribution is -0.132. The van der Waals surface area contributed by atoms with Crippen LogP contribution in [0.3, 0.4) is 0 Å². The quantitative estimate of drug-likeness (QED) is 0.552. The summed E-state index contributed by atoms with van der Waals surface area (Å²) in [5.41, 5.74) is -0.103. The van der Waals surface area contributed by atoms with Crippen LogP contribution in [0.5, 0.6) is 0 Å². The smallest absolute Gasteiger partial charge is 0.251 e. The van der Waals surface area contributed by atoms with Gasteiger partial charge in [0.25, 0.3) is 5.91 Å². The number of carbonyl (C=O) groups excluding carboxylic acids is 1. The first-order valence-electron chi connectivity index (χ1n) is 6.04. The maximum atomic E-state index is 11.5. The Labute approximate surface area is 103 Å². The van der Waals surface area contributed by atoms with Crippen LogP contribution in [-0.4, -0.2) is 46.0 Å². The second kappa shape index (κ2) is 4.92. The van der Waals surface area contributed by atoms with Crippen molar-refractivity contribution >= 4 is 5.91 Å². The number of carbonyl (C=O) groups is 1. The SMILES string of the molecule is CC1(C)CC(NC(=O)C(O)CO)CC(C)(C)N1. The van der Waals surface area contributed by atoms with Crippen molar-refractivity contribution in [3.63, 3.8) is 0 Å². The fourth-order valence-electron chi connectivity index (χ4n) is 2.80. The molecule has 0 spiro atoms. The van der Waals surface area contributed by atoms with Gasteiger partial charge in [-0.3, -0.25) is 4.79 Å². The standard InChI is InChI=1S/C12H24N2O3/c1-11(2)5-8(6-12(3,4)14-11)13-10(17)9(16)7-15/h8-9,14-16H,5-7H2,1-4H3,(H,13,17). The predicted molar refractivity (Wildman–Crippen MR) is 65.6 cm³/mol. The molecule has 0 aromatic heterocycles. The van der Waals surface area contributed by atoms with Crippen molar-refractivity contribution in [2.24, 2.45) is 0 Å². The molecule has 1 aliphatic heterocycles. The molecular weight excluding hydrogens is 220 g/mol. The van der Waals surface area contributed by atoms with E-state index in [0.717, 1.165) is 12.8 Å². The van der Waals surface area contributed by atoms with Crippen molar-refractivity contribution in [1.29, 1.82) is 0 Å². The van der Waals surface area contributed by atoms with Crippen LogP contribution in [0.25, 0.3) is 0 Å². The zero-order valence-electron chi connectivity index (χ0n) is 11.1. The van der Waals surface area contributed by atoms with E-state index >= 15 is 0 Å². The lowest BCUT2D eigenvalue weighted by atomic mass is 9.79. The Hall–Kier alpha value is -0.650. The van der Waals surface area contributed by atoms with E-state index in [9.17, 15) is 9.90 Å². The van der Waals surface area contributed by atoms with Gasteiger partial charge < -0.3 is 20.8 Å². The number of aliphatic hydroxyl groups is 2. The maximum absolute atomic E-state index is 11.5. The largest absolute Gasteiger partial charge is 0.393 e. The minimum Gasteiger partial charge on any atom is -0.393 e. The molecule has 5 nitrogen and oxygen atoms in total. The van der Waals surface area contributed by atoms with E-state index in [1.165, 1.54) is 0 Å². The molecule has 0 bridgehead atoms. The predicted octanol–water partition coefficient (Wildman–Crippen LogP) is -0.235. The Morgan fingerprint density at radius 3 is 2.24 bits per heavy atom. The van der Waals surface area contributed by atoms with Gasteiger partial charge in [0.05, 0.1) is 6.61 Å². The van der Waals surface area contributed by atoms with Crippen LogP contribution in [0, 0.1) is 0 Å². The van der Waals surface area contributed by atoms with Crippen molar-refractivity contribution in [3.8, 4) is 0 Å². The van der Waals surface area contributed by atoms with Crippen LogP contribution in [0.2, 0.25) is 0 Å². The normalized spacial score (nSPS) is 25.3. The van der Waals surface area contributed by atoms with Crippen LogP contribution in [0.15, 0.2) is 0 Å². The van der Waals surface area contributed by atoms with E-state index in [1.54, 1.807) is 0 Å². The average Bonchev–Trinajstić information content (AvgIpc) is 2.11. The number of amides is 1. The molecule has 0 saturated carbocycles. The monoisotopic (exact) mass is 244 g/mol. The summed E-state index contributed by atoms with van der Waals surface area (Å²) >= 11 is 0. The molecule has 1 heterocycles. The molecule has 17 heavy (non-hydrogen) atoms. The van der Waals surface area contributed by atoms with E-state index in [0.29, 0.717) is 0 Å². The molecule has 100 valence electrons. The highest BCUT2D eigenvalue weighted by atomic mass is 16.3. The Morgan fingerprint density at radius 1 is 1.35 bits per heavy atom. The molecule has 0 aromatic rings. The summed E-state index contributed by atoms with van der Waals surface area (Å²) in [7, 11) is 0. The van der Waals surface area contributed by atoms with Crippen LogP contribution < -0.4 is 10.6 Å². The Morgan fingerprint density at radius 2 is 1.82 bits per heavy atom. The number of nitrogens with one attached hydrogen (secondary N) is 2. The van der Waals surface area contributed by atoms with Crippen LogP contribution in [-0.2, 0) is 4.79 Å². The van der Waals surface area contributed by atoms with E-state index < -0.39 is 18.6 Å². The number of hydrogen-bond donors (Lipinski definition) is 4. The lowest BCUT2D eigenvalue weighted by Crippen LogP contribution is -2.62. The highest BCUT2D eigenvalue weighted by molar-refractivity contribution is 5.80. The van der Waals surface area contributed by atoms with Gasteiger partial charge in [0.2, 0.25) is 0 Å². The fourth-order valence-corrected chi connectivity index (χ4v) is 2.80. The van der Waals surface area contributed by atoms with E-state index in [4.69, 9.17) is 5.11 Å². The Bertz CT molecular complexity index is 273. The second-order valence-corrected chi connectivity index (χ2v) is 6.20. The zero-order chi connectivity index (χ0) is 13.3. The molecule has 0 aliphatic carbocycles. The molecule has 1 unspecified atom stereocenters. The number of rotatable bonds is 3.